The van der Waals surface area contributed by atoms with E-state index >= 15 is 0 Å². The molecule has 0 bridgehead atoms. The van der Waals surface area contributed by atoms with Crippen LogP contribution in [0, 0.1) is 17.6 Å². The Kier molecular flexibility index (Phi) is 5.82. The number of allylic oxidation sites excluding steroid dienone is 1. The molecule has 0 N–H and O–H groups in total. The maximum Gasteiger partial charge on any atom is 0.199 e. The number of rotatable bonds is 6. The van der Waals surface area contributed by atoms with Crippen LogP contribution in [-0.4, -0.2) is 51.3 Å². The molecule has 0 atom stereocenters. The Balaban J connectivity index is 1.37. The lowest BCUT2D eigenvalue weighted by Gasteiger charge is -2.31. The molecule has 154 valence electrons. The Labute approximate surface area is 175 Å². The van der Waals surface area contributed by atoms with E-state index in [9.17, 15) is 4.79 Å². The Morgan fingerprint density at radius 3 is 2.72 bits per heavy atom. The molecule has 1 aromatic heterocycles. The predicted molar refractivity (Wildman–Crippen MR) is 112 cm³/mol. The molecule has 2 aliphatic heterocycles. The molecule has 0 spiro atoms. The van der Waals surface area contributed by atoms with E-state index in [0.29, 0.717) is 48.3 Å². The van der Waals surface area contributed by atoms with Crippen LogP contribution in [0.2, 0.25) is 0 Å². The molecular weight excluding hydrogens is 388 g/mol. The fourth-order valence-electron chi connectivity index (χ4n) is 3.94. The van der Waals surface area contributed by atoms with Gasteiger partial charge in [0.25, 0.3) is 0 Å². The first-order valence-corrected chi connectivity index (χ1v) is 10.4. The molecule has 0 saturated carbocycles. The van der Waals surface area contributed by atoms with E-state index in [1.54, 1.807) is 0 Å². The summed E-state index contributed by atoms with van der Waals surface area (Å²) in [4.78, 5) is 15.3. The Morgan fingerprint density at radius 1 is 1.28 bits per heavy atom. The van der Waals surface area contributed by atoms with Crippen LogP contribution in [-0.2, 0) is 13.2 Å². The van der Waals surface area contributed by atoms with Gasteiger partial charge in [0.1, 0.15) is 19.0 Å². The maximum absolute atomic E-state index is 13.0. The number of ether oxygens (including phenoxy) is 2. The molecule has 0 unspecified atom stereocenters. The van der Waals surface area contributed by atoms with Crippen molar-refractivity contribution in [2.45, 2.75) is 33.0 Å². The highest BCUT2D eigenvalue weighted by Gasteiger charge is 2.27. The monoisotopic (exact) mass is 414 g/mol. The number of Topliss-reactive ketones (excluding diaryl/α,β-unsaturated/α-hetero) is 1. The molecule has 0 radical (unpaired) electrons. The summed E-state index contributed by atoms with van der Waals surface area (Å²) in [5.74, 6) is 2.48. The van der Waals surface area contributed by atoms with Crippen molar-refractivity contribution in [3.05, 3.63) is 47.0 Å². The highest BCUT2D eigenvalue weighted by molar-refractivity contribution is 7.71. The van der Waals surface area contributed by atoms with Gasteiger partial charge in [0, 0.05) is 31.1 Å². The van der Waals surface area contributed by atoms with Crippen molar-refractivity contribution >= 4 is 18.0 Å². The van der Waals surface area contributed by atoms with E-state index in [4.69, 9.17) is 21.7 Å². The molecule has 1 fully saturated rings. The zero-order valence-electron chi connectivity index (χ0n) is 16.7. The SMILES string of the molecule is C=CCn1c(C)nn(CN2CCC(C(=O)c3ccc4c(c3)OCCO4)CC2)c1=S. The van der Waals surface area contributed by atoms with Gasteiger partial charge in [-0.25, -0.2) is 4.68 Å². The van der Waals surface area contributed by atoms with Crippen molar-refractivity contribution in [3.8, 4) is 11.5 Å². The predicted octanol–water partition coefficient (Wildman–Crippen LogP) is 3.23. The van der Waals surface area contributed by atoms with Gasteiger partial charge in [-0.2, -0.15) is 5.10 Å². The summed E-state index contributed by atoms with van der Waals surface area (Å²) in [5.41, 5.74) is 0.703. The summed E-state index contributed by atoms with van der Waals surface area (Å²) < 4.78 is 15.7. The van der Waals surface area contributed by atoms with Crippen LogP contribution in [0.4, 0.5) is 0 Å². The van der Waals surface area contributed by atoms with E-state index < -0.39 is 0 Å². The molecule has 1 aromatic carbocycles. The third-order valence-corrected chi connectivity index (χ3v) is 5.97. The Hall–Kier alpha value is -2.45. The minimum atomic E-state index is 0.0295. The van der Waals surface area contributed by atoms with Crippen LogP contribution >= 0.6 is 12.2 Å². The van der Waals surface area contributed by atoms with Gasteiger partial charge >= 0.3 is 0 Å². The lowest BCUT2D eigenvalue weighted by Crippen LogP contribution is -2.37. The molecule has 3 heterocycles. The first kappa shape index (κ1) is 19.8. The van der Waals surface area contributed by atoms with Gasteiger partial charge < -0.3 is 14.0 Å². The van der Waals surface area contributed by atoms with E-state index in [1.165, 1.54) is 0 Å². The third kappa shape index (κ3) is 4.13. The highest BCUT2D eigenvalue weighted by Crippen LogP contribution is 2.32. The van der Waals surface area contributed by atoms with Crippen molar-refractivity contribution in [1.29, 1.82) is 0 Å². The Morgan fingerprint density at radius 2 is 2.00 bits per heavy atom. The first-order chi connectivity index (χ1) is 14.1. The number of hydrogen-bond donors (Lipinski definition) is 0. The number of carbonyl (C=O) groups excluding carboxylic acids is 1. The van der Waals surface area contributed by atoms with Gasteiger partial charge in [-0.05, 0) is 50.2 Å². The van der Waals surface area contributed by atoms with Crippen LogP contribution in [0.5, 0.6) is 11.5 Å². The molecule has 29 heavy (non-hydrogen) atoms. The Bertz CT molecular complexity index is 973. The molecule has 0 aliphatic carbocycles. The zero-order valence-corrected chi connectivity index (χ0v) is 17.5. The fraction of sp³-hybridized carbons (Fsp3) is 0.476. The number of benzene rings is 1. The van der Waals surface area contributed by atoms with Crippen LogP contribution in [0.3, 0.4) is 0 Å². The quantitative estimate of drug-likeness (QED) is 0.411. The molecule has 2 aliphatic rings. The number of piperidine rings is 1. The molecule has 4 rings (SSSR count). The number of likely N-dealkylation sites (tertiary alicyclic amines) is 1. The van der Waals surface area contributed by atoms with E-state index in [2.05, 4.69) is 16.6 Å². The normalized spacial score (nSPS) is 17.3. The fourth-order valence-corrected chi connectivity index (χ4v) is 4.24. The standard InChI is InChI=1S/C21H26N4O3S/c1-3-8-24-15(2)22-25(21(24)29)14-23-9-6-16(7-10-23)20(26)17-4-5-18-19(13-17)28-12-11-27-18/h3-5,13,16H,1,6-12,14H2,2H3. The van der Waals surface area contributed by atoms with Crippen molar-refractivity contribution in [1.82, 2.24) is 19.2 Å². The summed E-state index contributed by atoms with van der Waals surface area (Å²) in [6, 6.07) is 5.49. The van der Waals surface area contributed by atoms with Crippen LogP contribution in [0.1, 0.15) is 29.0 Å². The van der Waals surface area contributed by atoms with Gasteiger partial charge in [0.05, 0.1) is 6.67 Å². The first-order valence-electron chi connectivity index (χ1n) is 9.98. The lowest BCUT2D eigenvalue weighted by atomic mass is 9.89. The molecule has 0 amide bonds. The second-order valence-corrected chi connectivity index (χ2v) is 7.85. The van der Waals surface area contributed by atoms with Crippen molar-refractivity contribution in [2.75, 3.05) is 26.3 Å². The van der Waals surface area contributed by atoms with Gasteiger partial charge in [0.15, 0.2) is 22.1 Å². The number of aryl methyl sites for hydroxylation is 1. The van der Waals surface area contributed by atoms with E-state index in [1.807, 2.05) is 40.4 Å². The number of ketones is 1. The molecule has 1 saturated heterocycles. The van der Waals surface area contributed by atoms with Crippen molar-refractivity contribution in [2.24, 2.45) is 5.92 Å². The minimum absolute atomic E-state index is 0.0295. The average Bonchev–Trinajstić information content (AvgIpc) is 3.01. The topological polar surface area (TPSA) is 61.5 Å². The van der Waals surface area contributed by atoms with Gasteiger partial charge in [-0.15, -0.1) is 6.58 Å². The third-order valence-electron chi connectivity index (χ3n) is 5.54. The highest BCUT2D eigenvalue weighted by atomic mass is 32.1. The van der Waals surface area contributed by atoms with Crippen LogP contribution < -0.4 is 9.47 Å². The summed E-state index contributed by atoms with van der Waals surface area (Å²) in [6.45, 7) is 9.80. The second-order valence-electron chi connectivity index (χ2n) is 7.49. The van der Waals surface area contributed by atoms with Crippen LogP contribution in [0.15, 0.2) is 30.9 Å². The maximum atomic E-state index is 13.0. The van der Waals surface area contributed by atoms with Crippen molar-refractivity contribution in [3.63, 3.8) is 0 Å². The van der Waals surface area contributed by atoms with E-state index in [-0.39, 0.29) is 11.7 Å². The number of carbonyl (C=O) groups is 1. The number of fused-ring (bicyclic) bond motifs is 1. The minimum Gasteiger partial charge on any atom is -0.486 e. The largest absolute Gasteiger partial charge is 0.486 e. The van der Waals surface area contributed by atoms with Gasteiger partial charge in [0.2, 0.25) is 0 Å². The number of nitrogens with zero attached hydrogens (tertiary/aromatic N) is 4. The molecule has 8 heteroatoms. The molecule has 7 nitrogen and oxygen atoms in total. The van der Waals surface area contributed by atoms with Crippen LogP contribution in [0.25, 0.3) is 0 Å². The van der Waals surface area contributed by atoms with Gasteiger partial charge in [-0.3, -0.25) is 9.69 Å². The summed E-state index contributed by atoms with van der Waals surface area (Å²) in [6.07, 6.45) is 3.48. The summed E-state index contributed by atoms with van der Waals surface area (Å²) in [5, 5.41) is 4.56. The zero-order chi connectivity index (χ0) is 20.4. The number of hydrogen-bond acceptors (Lipinski definition) is 6. The average molecular weight is 415 g/mol. The lowest BCUT2D eigenvalue weighted by molar-refractivity contribution is 0.0802. The summed E-state index contributed by atoms with van der Waals surface area (Å²) >= 11 is 5.54. The van der Waals surface area contributed by atoms with Crippen molar-refractivity contribution < 1.29 is 14.3 Å². The smallest absolute Gasteiger partial charge is 0.199 e. The summed E-state index contributed by atoms with van der Waals surface area (Å²) in [7, 11) is 0. The van der Waals surface area contributed by atoms with Gasteiger partial charge in [-0.1, -0.05) is 6.08 Å². The molecular formula is C21H26N4O3S. The molecule has 2 aromatic rings. The van der Waals surface area contributed by atoms with E-state index in [0.717, 1.165) is 31.8 Å². The number of aromatic nitrogens is 3. The second kappa shape index (κ2) is 8.51.